The maximum atomic E-state index is 11.0. The van der Waals surface area contributed by atoms with Gasteiger partial charge in [-0.05, 0) is 18.8 Å². The van der Waals surface area contributed by atoms with Gasteiger partial charge in [-0.2, -0.15) is 0 Å². The number of halogens is 1. The fourth-order valence-electron chi connectivity index (χ4n) is 1.21. The molecule has 0 aliphatic heterocycles. The Kier molecular flexibility index (Phi) is 2.50. The third kappa shape index (κ3) is 1.60. The quantitative estimate of drug-likeness (QED) is 0.422. The lowest BCUT2D eigenvalue weighted by molar-refractivity contribution is -0.120. The van der Waals surface area contributed by atoms with Crippen molar-refractivity contribution >= 4 is 17.4 Å². The van der Waals surface area contributed by atoms with Crippen LogP contribution in [0.15, 0.2) is 12.7 Å². The third-order valence-electron chi connectivity index (χ3n) is 1.94. The van der Waals surface area contributed by atoms with E-state index in [-0.39, 0.29) is 11.2 Å². The molecule has 0 aromatic heterocycles. The van der Waals surface area contributed by atoms with Crippen molar-refractivity contribution in [3.63, 3.8) is 0 Å². The molecule has 2 unspecified atom stereocenters. The largest absolute Gasteiger partial charge is 0.298 e. The fourth-order valence-corrected chi connectivity index (χ4v) is 1.43. The van der Waals surface area contributed by atoms with Gasteiger partial charge in [-0.15, -0.1) is 18.2 Å². The van der Waals surface area contributed by atoms with Crippen LogP contribution in [0.4, 0.5) is 0 Å². The van der Waals surface area contributed by atoms with Crippen LogP contribution in [0.5, 0.6) is 0 Å². The van der Waals surface area contributed by atoms with Gasteiger partial charge in [0.15, 0.2) is 5.78 Å². The molecule has 0 radical (unpaired) electrons. The molecular formula is C8H11ClO. The van der Waals surface area contributed by atoms with Gasteiger partial charge in [-0.25, -0.2) is 0 Å². The van der Waals surface area contributed by atoms with E-state index in [0.29, 0.717) is 12.3 Å². The molecule has 0 spiro atoms. The molecule has 0 amide bonds. The maximum Gasteiger partial charge on any atom is 0.151 e. The van der Waals surface area contributed by atoms with Crippen molar-refractivity contribution in [3.05, 3.63) is 12.7 Å². The van der Waals surface area contributed by atoms with E-state index < -0.39 is 0 Å². The molecular weight excluding hydrogens is 148 g/mol. The van der Waals surface area contributed by atoms with Crippen LogP contribution < -0.4 is 0 Å². The highest BCUT2D eigenvalue weighted by atomic mass is 35.5. The van der Waals surface area contributed by atoms with Crippen molar-refractivity contribution in [1.29, 1.82) is 0 Å². The predicted octanol–water partition coefficient (Wildman–Crippen LogP) is 2.15. The number of rotatable bonds is 1. The molecule has 0 bridgehead atoms. The summed E-state index contributed by atoms with van der Waals surface area (Å²) in [6.07, 6.45) is 4.28. The first-order chi connectivity index (χ1) is 4.74. The van der Waals surface area contributed by atoms with Crippen LogP contribution in [0.3, 0.4) is 0 Å². The molecule has 0 aromatic rings. The van der Waals surface area contributed by atoms with Gasteiger partial charge in [0, 0.05) is 6.42 Å². The molecule has 0 saturated heterocycles. The van der Waals surface area contributed by atoms with E-state index in [4.69, 9.17) is 11.6 Å². The van der Waals surface area contributed by atoms with Crippen LogP contribution in [0.2, 0.25) is 0 Å². The van der Waals surface area contributed by atoms with Gasteiger partial charge in [-0.3, -0.25) is 4.79 Å². The molecule has 2 heteroatoms. The number of alkyl halides is 1. The predicted molar refractivity (Wildman–Crippen MR) is 42.2 cm³/mol. The summed E-state index contributed by atoms with van der Waals surface area (Å²) >= 11 is 5.71. The van der Waals surface area contributed by atoms with E-state index in [1.165, 1.54) is 0 Å². The molecule has 1 rings (SSSR count). The summed E-state index contributed by atoms with van der Waals surface area (Å²) in [5.74, 6) is 0.556. The highest BCUT2D eigenvalue weighted by Crippen LogP contribution is 2.25. The van der Waals surface area contributed by atoms with Crippen molar-refractivity contribution < 1.29 is 4.79 Å². The minimum absolute atomic E-state index is 0.179. The Morgan fingerprint density at radius 1 is 1.60 bits per heavy atom. The first kappa shape index (κ1) is 7.80. The summed E-state index contributed by atoms with van der Waals surface area (Å²) in [5, 5.41) is -0.226. The van der Waals surface area contributed by atoms with E-state index in [1.54, 1.807) is 0 Å². The van der Waals surface area contributed by atoms with Crippen molar-refractivity contribution in [2.45, 2.75) is 24.6 Å². The van der Waals surface area contributed by atoms with Crippen molar-refractivity contribution in [3.8, 4) is 0 Å². The Morgan fingerprint density at radius 3 is 2.80 bits per heavy atom. The molecule has 10 heavy (non-hydrogen) atoms. The lowest BCUT2D eigenvalue weighted by atomic mass is 9.88. The summed E-state index contributed by atoms with van der Waals surface area (Å²) in [4.78, 5) is 11.0. The second-order valence-corrected chi connectivity index (χ2v) is 3.24. The van der Waals surface area contributed by atoms with Crippen LogP contribution in [-0.2, 0) is 4.79 Å². The standard InChI is InChI=1S/C8H11ClO/c1-2-6-3-4-7(9)8(10)5-6/h2,6-7H,1,3-5H2. The zero-order chi connectivity index (χ0) is 7.56. The summed E-state index contributed by atoms with van der Waals surface area (Å²) < 4.78 is 0. The van der Waals surface area contributed by atoms with Gasteiger partial charge in [-0.1, -0.05) is 6.08 Å². The average Bonchev–Trinajstić information content (AvgIpc) is 1.95. The monoisotopic (exact) mass is 158 g/mol. The van der Waals surface area contributed by atoms with E-state index in [9.17, 15) is 4.79 Å². The van der Waals surface area contributed by atoms with Crippen LogP contribution in [0, 0.1) is 5.92 Å². The Balaban J connectivity index is 2.48. The van der Waals surface area contributed by atoms with Crippen molar-refractivity contribution in [1.82, 2.24) is 0 Å². The van der Waals surface area contributed by atoms with Gasteiger partial charge in [0.1, 0.15) is 0 Å². The Labute approximate surface area is 66.1 Å². The SMILES string of the molecule is C=CC1CCC(Cl)C(=O)C1. The molecule has 1 nitrogen and oxygen atoms in total. The lowest BCUT2D eigenvalue weighted by Crippen LogP contribution is -2.23. The van der Waals surface area contributed by atoms with E-state index >= 15 is 0 Å². The molecule has 0 N–H and O–H groups in total. The van der Waals surface area contributed by atoms with Crippen molar-refractivity contribution in [2.75, 3.05) is 0 Å². The van der Waals surface area contributed by atoms with Gasteiger partial charge in [0.2, 0.25) is 0 Å². The number of carbonyl (C=O) groups excluding carboxylic acids is 1. The fraction of sp³-hybridized carbons (Fsp3) is 0.625. The third-order valence-corrected chi connectivity index (χ3v) is 2.40. The average molecular weight is 159 g/mol. The number of allylic oxidation sites excluding steroid dienone is 1. The first-order valence-corrected chi connectivity index (χ1v) is 3.97. The summed E-state index contributed by atoms with van der Waals surface area (Å²) in [7, 11) is 0. The second kappa shape index (κ2) is 3.20. The van der Waals surface area contributed by atoms with E-state index in [0.717, 1.165) is 12.8 Å². The van der Waals surface area contributed by atoms with Gasteiger partial charge >= 0.3 is 0 Å². The molecule has 1 aliphatic rings. The maximum absolute atomic E-state index is 11.0. The van der Waals surface area contributed by atoms with Crippen LogP contribution in [-0.4, -0.2) is 11.2 Å². The molecule has 1 fully saturated rings. The molecule has 0 heterocycles. The van der Waals surface area contributed by atoms with Crippen LogP contribution >= 0.6 is 11.6 Å². The number of ketones is 1. The van der Waals surface area contributed by atoms with Crippen LogP contribution in [0.25, 0.3) is 0 Å². The lowest BCUT2D eigenvalue weighted by Gasteiger charge is -2.20. The zero-order valence-corrected chi connectivity index (χ0v) is 6.60. The first-order valence-electron chi connectivity index (χ1n) is 3.53. The molecule has 1 saturated carbocycles. The van der Waals surface area contributed by atoms with Gasteiger partial charge in [0.25, 0.3) is 0 Å². The number of hydrogen-bond acceptors (Lipinski definition) is 1. The number of Topliss-reactive ketones (excluding diaryl/α,β-unsaturated/α-hetero) is 1. The van der Waals surface area contributed by atoms with Gasteiger partial charge < -0.3 is 0 Å². The Bertz CT molecular complexity index is 153. The van der Waals surface area contributed by atoms with E-state index in [2.05, 4.69) is 6.58 Å². The van der Waals surface area contributed by atoms with Gasteiger partial charge in [0.05, 0.1) is 5.38 Å². The smallest absolute Gasteiger partial charge is 0.151 e. The highest BCUT2D eigenvalue weighted by molar-refractivity contribution is 6.31. The topological polar surface area (TPSA) is 17.1 Å². The highest BCUT2D eigenvalue weighted by Gasteiger charge is 2.24. The zero-order valence-electron chi connectivity index (χ0n) is 5.85. The van der Waals surface area contributed by atoms with E-state index in [1.807, 2.05) is 6.08 Å². The molecule has 56 valence electrons. The van der Waals surface area contributed by atoms with Crippen molar-refractivity contribution in [2.24, 2.45) is 5.92 Å². The second-order valence-electron chi connectivity index (χ2n) is 2.71. The Hall–Kier alpha value is -0.300. The Morgan fingerprint density at radius 2 is 2.30 bits per heavy atom. The molecule has 1 aliphatic carbocycles. The van der Waals surface area contributed by atoms with Crippen LogP contribution in [0.1, 0.15) is 19.3 Å². The summed E-state index contributed by atoms with van der Waals surface area (Å²) in [6, 6.07) is 0. The minimum Gasteiger partial charge on any atom is -0.298 e. The minimum atomic E-state index is -0.226. The number of carbonyl (C=O) groups is 1. The summed E-state index contributed by atoms with van der Waals surface area (Å²) in [5.41, 5.74) is 0. The molecule has 2 atom stereocenters. The molecule has 0 aromatic carbocycles. The normalized spacial score (nSPS) is 33.9. The summed E-state index contributed by atoms with van der Waals surface area (Å²) in [6.45, 7) is 3.65. The number of hydrogen-bond donors (Lipinski definition) is 0.